The maximum Gasteiger partial charge on any atom is 0.265 e. The molecule has 1 amide bonds. The number of amides is 1. The van der Waals surface area contributed by atoms with E-state index in [0.717, 1.165) is 48.3 Å². The molecule has 0 unspecified atom stereocenters. The van der Waals surface area contributed by atoms with Crippen LogP contribution in [0.5, 0.6) is 0 Å². The van der Waals surface area contributed by atoms with E-state index in [1.807, 2.05) is 18.2 Å². The first kappa shape index (κ1) is 19.6. The molecule has 0 atom stereocenters. The van der Waals surface area contributed by atoms with Crippen LogP contribution in [0.1, 0.15) is 28.2 Å². The van der Waals surface area contributed by atoms with Gasteiger partial charge in [-0.2, -0.15) is 0 Å². The third kappa shape index (κ3) is 3.61. The highest BCUT2D eigenvalue weighted by Crippen LogP contribution is 2.30. The minimum Gasteiger partial charge on any atom is -0.354 e. The van der Waals surface area contributed by atoms with Crippen molar-refractivity contribution in [3.05, 3.63) is 53.0 Å². The zero-order valence-electron chi connectivity index (χ0n) is 17.7. The summed E-state index contributed by atoms with van der Waals surface area (Å²) >= 11 is 1.36. The number of aryl methyl sites for hydroxylation is 1. The van der Waals surface area contributed by atoms with Crippen LogP contribution in [0.25, 0.3) is 15.9 Å². The third-order valence-electron chi connectivity index (χ3n) is 6.18. The molecule has 0 aromatic carbocycles. The molecule has 1 saturated heterocycles. The third-order valence-corrected chi connectivity index (χ3v) is 7.22. The van der Waals surface area contributed by atoms with Crippen molar-refractivity contribution in [3.63, 3.8) is 0 Å². The second kappa shape index (κ2) is 7.53. The highest BCUT2D eigenvalue weighted by atomic mass is 32.1. The zero-order chi connectivity index (χ0) is 21.8. The Bertz CT molecular complexity index is 1340. The number of thiophene rings is 1. The van der Waals surface area contributed by atoms with Crippen molar-refractivity contribution in [2.24, 2.45) is 0 Å². The largest absolute Gasteiger partial charge is 0.354 e. The number of hydrogen-bond donors (Lipinski definition) is 1. The molecule has 9 heteroatoms. The molecule has 0 radical (unpaired) electrons. The summed E-state index contributed by atoms with van der Waals surface area (Å²) in [4.78, 5) is 28.1. The van der Waals surface area contributed by atoms with E-state index in [2.05, 4.69) is 20.1 Å². The first-order valence-electron chi connectivity index (χ1n) is 10.9. The van der Waals surface area contributed by atoms with E-state index < -0.39 is 5.82 Å². The Kier molecular flexibility index (Phi) is 4.62. The Labute approximate surface area is 188 Å². The molecule has 0 spiro atoms. The van der Waals surface area contributed by atoms with E-state index in [9.17, 15) is 9.18 Å². The maximum absolute atomic E-state index is 14.3. The number of anilines is 2. The molecule has 164 valence electrons. The van der Waals surface area contributed by atoms with Crippen molar-refractivity contribution in [2.45, 2.75) is 25.8 Å². The highest BCUT2D eigenvalue weighted by Gasteiger charge is 2.31. The zero-order valence-corrected chi connectivity index (χ0v) is 18.5. The Morgan fingerprint density at radius 2 is 1.94 bits per heavy atom. The van der Waals surface area contributed by atoms with Gasteiger partial charge in [0.15, 0.2) is 11.5 Å². The lowest BCUT2D eigenvalue weighted by Gasteiger charge is -2.35. The molecule has 7 nitrogen and oxygen atoms in total. The van der Waals surface area contributed by atoms with Gasteiger partial charge in [0, 0.05) is 56.1 Å². The van der Waals surface area contributed by atoms with E-state index in [1.165, 1.54) is 30.2 Å². The summed E-state index contributed by atoms with van der Waals surface area (Å²) in [6, 6.07) is 8.00. The van der Waals surface area contributed by atoms with Gasteiger partial charge in [-0.1, -0.05) is 0 Å². The van der Waals surface area contributed by atoms with Gasteiger partial charge in [-0.3, -0.25) is 9.69 Å². The number of nitrogens with one attached hydrogen (secondary N) is 1. The Morgan fingerprint density at radius 3 is 2.72 bits per heavy atom. The highest BCUT2D eigenvalue weighted by molar-refractivity contribution is 7.20. The smallest absolute Gasteiger partial charge is 0.265 e. The van der Waals surface area contributed by atoms with Gasteiger partial charge in [-0.05, 0) is 38.0 Å². The number of carbonyl (C=O) groups excluding carboxylic acids is 1. The minimum absolute atomic E-state index is 0.247. The molecule has 1 saturated carbocycles. The van der Waals surface area contributed by atoms with E-state index in [4.69, 9.17) is 4.98 Å². The fourth-order valence-corrected chi connectivity index (χ4v) is 5.31. The van der Waals surface area contributed by atoms with Crippen molar-refractivity contribution in [1.82, 2.24) is 19.3 Å². The number of aromatic nitrogens is 3. The molecule has 32 heavy (non-hydrogen) atoms. The van der Waals surface area contributed by atoms with E-state index >= 15 is 0 Å². The number of piperazine rings is 1. The minimum atomic E-state index is -0.472. The van der Waals surface area contributed by atoms with Crippen molar-refractivity contribution in [1.29, 1.82) is 0 Å². The lowest BCUT2D eigenvalue weighted by Crippen LogP contribution is -2.47. The Morgan fingerprint density at radius 1 is 1.12 bits per heavy atom. The number of carbonyl (C=O) groups is 1. The molecule has 1 N–H and O–H groups in total. The molecular weight excluding hydrogens is 427 g/mol. The van der Waals surface area contributed by atoms with Gasteiger partial charge in [0.2, 0.25) is 0 Å². The molecule has 1 aliphatic carbocycles. The second-order valence-electron chi connectivity index (χ2n) is 8.57. The lowest BCUT2D eigenvalue weighted by atomic mass is 10.2. The fraction of sp³-hybridized carbons (Fsp3) is 0.348. The van der Waals surface area contributed by atoms with Crippen LogP contribution >= 0.6 is 11.3 Å². The predicted octanol–water partition coefficient (Wildman–Crippen LogP) is 3.93. The van der Waals surface area contributed by atoms with Crippen molar-refractivity contribution in [2.75, 3.05) is 36.4 Å². The summed E-state index contributed by atoms with van der Waals surface area (Å²) in [6.45, 7) is 5.93. The van der Waals surface area contributed by atoms with E-state index in [1.54, 1.807) is 23.7 Å². The average molecular weight is 451 g/mol. The van der Waals surface area contributed by atoms with E-state index in [-0.39, 0.29) is 11.6 Å². The Hall–Kier alpha value is -3.04. The SMILES string of the molecule is Cc1cn2cc(NC(=O)c3cc4ccc(N5CCN(C6CC6)CC5)nc4s3)cc(F)c2n1. The summed E-state index contributed by atoms with van der Waals surface area (Å²) < 4.78 is 15.9. The molecule has 0 bridgehead atoms. The predicted molar refractivity (Wildman–Crippen MR) is 124 cm³/mol. The van der Waals surface area contributed by atoms with Crippen LogP contribution in [0.3, 0.4) is 0 Å². The number of halogens is 1. The van der Waals surface area contributed by atoms with Crippen molar-refractivity contribution < 1.29 is 9.18 Å². The summed E-state index contributed by atoms with van der Waals surface area (Å²) in [5, 5.41) is 3.74. The molecule has 2 fully saturated rings. The standard InChI is InChI=1S/C23H23FN6OS/c1-14-12-30-13-16(11-18(24)21(30)25-14)26-22(31)19-10-15-2-5-20(27-23(15)32-19)29-8-6-28(7-9-29)17-3-4-17/h2,5,10-13,17H,3-4,6-9H2,1H3,(H,26,31). The van der Waals surface area contributed by atoms with Gasteiger partial charge in [0.05, 0.1) is 16.3 Å². The van der Waals surface area contributed by atoms with Gasteiger partial charge in [0.1, 0.15) is 10.6 Å². The summed E-state index contributed by atoms with van der Waals surface area (Å²) in [7, 11) is 0. The van der Waals surface area contributed by atoms with Crippen LogP contribution in [0.4, 0.5) is 15.9 Å². The average Bonchev–Trinajstić information content (AvgIpc) is 3.43. The first-order valence-corrected chi connectivity index (χ1v) is 11.7. The lowest BCUT2D eigenvalue weighted by molar-refractivity contribution is 0.103. The monoisotopic (exact) mass is 450 g/mol. The van der Waals surface area contributed by atoms with Gasteiger partial charge in [-0.25, -0.2) is 14.4 Å². The molecule has 2 aliphatic rings. The van der Waals surface area contributed by atoms with Crippen LogP contribution in [0, 0.1) is 12.7 Å². The molecule has 4 aromatic heterocycles. The molecule has 1 aliphatic heterocycles. The van der Waals surface area contributed by atoms with Crippen molar-refractivity contribution >= 4 is 44.6 Å². The summed E-state index contributed by atoms with van der Waals surface area (Å²) in [6.07, 6.45) is 6.07. The number of nitrogens with zero attached hydrogens (tertiary/aromatic N) is 5. The summed E-state index contributed by atoms with van der Waals surface area (Å²) in [5.74, 6) is 0.216. The van der Waals surface area contributed by atoms with E-state index in [0.29, 0.717) is 16.3 Å². The van der Waals surface area contributed by atoms with Crippen LogP contribution in [-0.4, -0.2) is 57.4 Å². The first-order chi connectivity index (χ1) is 15.5. The Balaban J connectivity index is 1.20. The topological polar surface area (TPSA) is 65.8 Å². The number of pyridine rings is 2. The van der Waals surface area contributed by atoms with Crippen LogP contribution < -0.4 is 10.2 Å². The van der Waals surface area contributed by atoms with Crippen LogP contribution in [-0.2, 0) is 0 Å². The number of hydrogen-bond acceptors (Lipinski definition) is 6. The van der Waals surface area contributed by atoms with Gasteiger partial charge in [0.25, 0.3) is 5.91 Å². The number of rotatable bonds is 4. The van der Waals surface area contributed by atoms with Gasteiger partial charge >= 0.3 is 0 Å². The van der Waals surface area contributed by atoms with Crippen LogP contribution in [0.15, 0.2) is 36.7 Å². The van der Waals surface area contributed by atoms with Crippen molar-refractivity contribution in [3.8, 4) is 0 Å². The van der Waals surface area contributed by atoms with Crippen LogP contribution in [0.2, 0.25) is 0 Å². The normalized spacial score (nSPS) is 17.4. The number of imidazole rings is 1. The fourth-order valence-electron chi connectivity index (χ4n) is 4.39. The molecule has 6 rings (SSSR count). The summed E-state index contributed by atoms with van der Waals surface area (Å²) in [5.41, 5.74) is 1.35. The molecule has 5 heterocycles. The van der Waals surface area contributed by atoms with Gasteiger partial charge in [-0.15, -0.1) is 11.3 Å². The molecule has 4 aromatic rings. The number of fused-ring (bicyclic) bond motifs is 2. The quantitative estimate of drug-likeness (QED) is 0.510. The second-order valence-corrected chi connectivity index (χ2v) is 9.60. The maximum atomic E-state index is 14.3. The molecular formula is C23H23FN6OS. The van der Waals surface area contributed by atoms with Gasteiger partial charge < -0.3 is 14.6 Å².